The molecule has 0 saturated carbocycles. The Bertz CT molecular complexity index is 445. The van der Waals surface area contributed by atoms with Crippen LogP contribution in [0.3, 0.4) is 0 Å². The first-order chi connectivity index (χ1) is 7.43. The number of hydrogen-bond donors (Lipinski definition) is 1. The molecular weight excluding hydrogens is 184 g/mol. The van der Waals surface area contributed by atoms with Crippen LogP contribution < -0.4 is 5.43 Å². The number of hydrogen-bond acceptors (Lipinski definition) is 1. The van der Waals surface area contributed by atoms with E-state index in [1.54, 1.807) is 0 Å². The van der Waals surface area contributed by atoms with Gasteiger partial charge in [0.2, 0.25) is 0 Å². The first kappa shape index (κ1) is 8.60. The zero-order chi connectivity index (χ0) is 10.1. The minimum atomic E-state index is 0.466. The second kappa shape index (κ2) is 3.46. The van der Waals surface area contributed by atoms with Crippen LogP contribution in [0.15, 0.2) is 48.8 Å². The van der Waals surface area contributed by atoms with Crippen LogP contribution in [0.5, 0.6) is 0 Å². The van der Waals surface area contributed by atoms with Crippen LogP contribution in [0, 0.1) is 0 Å². The Kier molecular flexibility index (Phi) is 1.98. The maximum Gasteiger partial charge on any atom is 0.0679 e. The van der Waals surface area contributed by atoms with Gasteiger partial charge in [-0.15, -0.1) is 0 Å². The van der Waals surface area contributed by atoms with Crippen molar-refractivity contribution in [2.75, 3.05) is 5.43 Å². The predicted octanol–water partition coefficient (Wildman–Crippen LogP) is 2.72. The van der Waals surface area contributed by atoms with Crippen LogP contribution in [-0.4, -0.2) is 4.68 Å². The average molecular weight is 198 g/mol. The van der Waals surface area contributed by atoms with E-state index in [0.29, 0.717) is 6.04 Å². The summed E-state index contributed by atoms with van der Waals surface area (Å²) in [7, 11) is 0. The van der Waals surface area contributed by atoms with Gasteiger partial charge in [-0.2, -0.15) is 0 Å². The van der Waals surface area contributed by atoms with Gasteiger partial charge in [0.05, 0.1) is 6.04 Å². The summed E-state index contributed by atoms with van der Waals surface area (Å²) in [4.78, 5) is 0. The van der Waals surface area contributed by atoms with Crippen LogP contribution in [0.25, 0.3) is 0 Å². The minimum absolute atomic E-state index is 0.466. The molecule has 1 atom stereocenters. The first-order valence-electron chi connectivity index (χ1n) is 5.41. The maximum absolute atomic E-state index is 3.49. The summed E-state index contributed by atoms with van der Waals surface area (Å²) in [5.41, 5.74) is 6.43. The molecule has 0 fully saturated rings. The highest BCUT2D eigenvalue weighted by molar-refractivity contribution is 5.35. The molecule has 0 saturated heterocycles. The Morgan fingerprint density at radius 1 is 1.07 bits per heavy atom. The van der Waals surface area contributed by atoms with Gasteiger partial charge in [-0.3, -0.25) is 4.68 Å². The second-order valence-corrected chi connectivity index (χ2v) is 4.01. The van der Waals surface area contributed by atoms with E-state index in [1.165, 1.54) is 24.0 Å². The van der Waals surface area contributed by atoms with Gasteiger partial charge >= 0.3 is 0 Å². The quantitative estimate of drug-likeness (QED) is 0.785. The molecule has 3 rings (SSSR count). The zero-order valence-electron chi connectivity index (χ0n) is 8.56. The van der Waals surface area contributed by atoms with Crippen molar-refractivity contribution in [1.29, 1.82) is 0 Å². The third kappa shape index (κ3) is 1.52. The van der Waals surface area contributed by atoms with E-state index >= 15 is 0 Å². The lowest BCUT2D eigenvalue weighted by atomic mass is 10.1. The molecule has 1 heterocycles. The van der Waals surface area contributed by atoms with E-state index in [9.17, 15) is 0 Å². The molecule has 1 aromatic heterocycles. The molecule has 1 aromatic carbocycles. The maximum atomic E-state index is 3.49. The highest BCUT2D eigenvalue weighted by Crippen LogP contribution is 2.31. The Morgan fingerprint density at radius 3 is 2.73 bits per heavy atom. The molecule has 2 heteroatoms. The van der Waals surface area contributed by atoms with Crippen LogP contribution in [-0.2, 0) is 6.42 Å². The largest absolute Gasteiger partial charge is 0.319 e. The highest BCUT2D eigenvalue weighted by Gasteiger charge is 2.21. The molecule has 0 aliphatic heterocycles. The van der Waals surface area contributed by atoms with Gasteiger partial charge in [-0.25, -0.2) is 0 Å². The summed E-state index contributed by atoms with van der Waals surface area (Å²) in [5.74, 6) is 0. The molecule has 0 radical (unpaired) electrons. The molecule has 2 nitrogen and oxygen atoms in total. The Morgan fingerprint density at radius 2 is 1.87 bits per heavy atom. The topological polar surface area (TPSA) is 17.0 Å². The van der Waals surface area contributed by atoms with Crippen molar-refractivity contribution in [2.24, 2.45) is 0 Å². The van der Waals surface area contributed by atoms with E-state index in [1.807, 2.05) is 29.2 Å². The number of benzene rings is 1. The van der Waals surface area contributed by atoms with Crippen molar-refractivity contribution in [3.05, 3.63) is 59.9 Å². The van der Waals surface area contributed by atoms with Crippen LogP contribution >= 0.6 is 0 Å². The molecule has 0 bridgehead atoms. The van der Waals surface area contributed by atoms with E-state index in [0.717, 1.165) is 0 Å². The van der Waals surface area contributed by atoms with Crippen molar-refractivity contribution in [3.8, 4) is 0 Å². The van der Waals surface area contributed by atoms with Crippen LogP contribution in [0.4, 0.5) is 0 Å². The average Bonchev–Trinajstić information content (AvgIpc) is 2.89. The molecule has 0 amide bonds. The standard InChI is InChI=1S/C13H14N2/c1-2-6-12-11(5-1)7-8-13(12)14-15-9-3-4-10-15/h1-6,9-10,13-14H,7-8H2. The van der Waals surface area contributed by atoms with Crippen molar-refractivity contribution in [3.63, 3.8) is 0 Å². The summed E-state index contributed by atoms with van der Waals surface area (Å²) < 4.78 is 2.03. The van der Waals surface area contributed by atoms with Gasteiger partial charge < -0.3 is 5.43 Å². The Balaban J connectivity index is 1.85. The molecule has 1 aliphatic carbocycles. The number of rotatable bonds is 2. The fourth-order valence-corrected chi connectivity index (χ4v) is 2.29. The zero-order valence-corrected chi connectivity index (χ0v) is 8.56. The van der Waals surface area contributed by atoms with Crippen LogP contribution in [0.1, 0.15) is 23.6 Å². The van der Waals surface area contributed by atoms with Crippen LogP contribution in [0.2, 0.25) is 0 Å². The van der Waals surface area contributed by atoms with Crippen molar-refractivity contribution < 1.29 is 0 Å². The van der Waals surface area contributed by atoms with Gasteiger partial charge in [0.25, 0.3) is 0 Å². The third-order valence-corrected chi connectivity index (χ3v) is 3.04. The fourth-order valence-electron chi connectivity index (χ4n) is 2.29. The van der Waals surface area contributed by atoms with Crippen molar-refractivity contribution >= 4 is 0 Å². The molecule has 1 N–H and O–H groups in total. The number of nitrogens with zero attached hydrogens (tertiary/aromatic N) is 1. The van der Waals surface area contributed by atoms with Gasteiger partial charge in [0, 0.05) is 12.4 Å². The predicted molar refractivity (Wildman–Crippen MR) is 61.3 cm³/mol. The third-order valence-electron chi connectivity index (χ3n) is 3.04. The number of aromatic nitrogens is 1. The lowest BCUT2D eigenvalue weighted by molar-refractivity contribution is 0.665. The molecular formula is C13H14N2. The number of fused-ring (bicyclic) bond motifs is 1. The summed E-state index contributed by atoms with van der Waals surface area (Å²) in [6.45, 7) is 0. The van der Waals surface area contributed by atoms with E-state index in [4.69, 9.17) is 0 Å². The van der Waals surface area contributed by atoms with E-state index in [-0.39, 0.29) is 0 Å². The van der Waals surface area contributed by atoms with Gasteiger partial charge in [-0.05, 0) is 36.1 Å². The number of aryl methyl sites for hydroxylation is 1. The SMILES string of the molecule is c1ccc2c(c1)CCC2Nn1cccc1. The normalized spacial score (nSPS) is 18.8. The van der Waals surface area contributed by atoms with Gasteiger partial charge in [0.1, 0.15) is 0 Å². The molecule has 0 spiro atoms. The fraction of sp³-hybridized carbons (Fsp3) is 0.231. The van der Waals surface area contributed by atoms with E-state index < -0.39 is 0 Å². The molecule has 1 unspecified atom stereocenters. The summed E-state index contributed by atoms with van der Waals surface area (Å²) in [6, 6.07) is 13.2. The molecule has 15 heavy (non-hydrogen) atoms. The lowest BCUT2D eigenvalue weighted by Gasteiger charge is -2.16. The lowest BCUT2D eigenvalue weighted by Crippen LogP contribution is -2.17. The first-order valence-corrected chi connectivity index (χ1v) is 5.41. The second-order valence-electron chi connectivity index (χ2n) is 4.01. The minimum Gasteiger partial charge on any atom is -0.319 e. The highest BCUT2D eigenvalue weighted by atomic mass is 15.4. The van der Waals surface area contributed by atoms with Crippen molar-refractivity contribution in [2.45, 2.75) is 18.9 Å². The van der Waals surface area contributed by atoms with Gasteiger partial charge in [0.15, 0.2) is 0 Å². The smallest absolute Gasteiger partial charge is 0.0679 e. The molecule has 76 valence electrons. The Labute approximate surface area is 89.5 Å². The summed E-state index contributed by atoms with van der Waals surface area (Å²) in [6.07, 6.45) is 6.47. The van der Waals surface area contributed by atoms with E-state index in [2.05, 4.69) is 29.7 Å². The summed E-state index contributed by atoms with van der Waals surface area (Å²) >= 11 is 0. The van der Waals surface area contributed by atoms with Crippen molar-refractivity contribution in [1.82, 2.24) is 4.68 Å². The molecule has 1 aliphatic rings. The monoisotopic (exact) mass is 198 g/mol. The summed E-state index contributed by atoms with van der Waals surface area (Å²) in [5, 5.41) is 0. The Hall–Kier alpha value is -1.70. The molecule has 2 aromatic rings. The number of nitrogens with one attached hydrogen (secondary N) is 1. The van der Waals surface area contributed by atoms with Gasteiger partial charge in [-0.1, -0.05) is 24.3 Å².